The summed E-state index contributed by atoms with van der Waals surface area (Å²) in [6.07, 6.45) is 2.14. The lowest BCUT2D eigenvalue weighted by molar-refractivity contribution is 0.0515. The third-order valence-electron chi connectivity index (χ3n) is 2.19. The summed E-state index contributed by atoms with van der Waals surface area (Å²) in [5.74, 6) is -0.366. The van der Waals surface area contributed by atoms with Gasteiger partial charge in [-0.05, 0) is 5.56 Å². The minimum Gasteiger partial charge on any atom is -0.461 e. The number of hydrogen-bond donors (Lipinski definition) is 1. The molecule has 0 aliphatic heterocycles. The van der Waals surface area contributed by atoms with E-state index in [1.165, 1.54) is 6.20 Å². The Bertz CT molecular complexity index is 496. The van der Waals surface area contributed by atoms with Crippen LogP contribution in [0.15, 0.2) is 36.5 Å². The Kier molecular flexibility index (Phi) is 3.72. The van der Waals surface area contributed by atoms with Gasteiger partial charge in [0.2, 0.25) is 0 Å². The fraction of sp³-hybridized carbons (Fsp3) is 0.167. The van der Waals surface area contributed by atoms with Crippen LogP contribution in [0.2, 0.25) is 0 Å². The second-order valence-corrected chi connectivity index (χ2v) is 4.50. The van der Waals surface area contributed by atoms with E-state index in [0.717, 1.165) is 16.9 Å². The van der Waals surface area contributed by atoms with Gasteiger partial charge in [0.15, 0.2) is 5.13 Å². The zero-order valence-corrected chi connectivity index (χ0v) is 9.94. The molecule has 2 N–H and O–H groups in total. The summed E-state index contributed by atoms with van der Waals surface area (Å²) >= 11 is 1.13. The van der Waals surface area contributed by atoms with Crippen molar-refractivity contribution in [1.29, 1.82) is 0 Å². The monoisotopic (exact) mass is 248 g/mol. The largest absolute Gasteiger partial charge is 0.461 e. The quantitative estimate of drug-likeness (QED) is 0.842. The van der Waals surface area contributed by atoms with Crippen LogP contribution in [0, 0.1) is 0 Å². The van der Waals surface area contributed by atoms with Gasteiger partial charge in [-0.25, -0.2) is 9.78 Å². The number of nitrogen functional groups attached to an aromatic ring is 1. The topological polar surface area (TPSA) is 65.2 Å². The van der Waals surface area contributed by atoms with Crippen LogP contribution < -0.4 is 5.73 Å². The molecule has 1 heterocycles. The molecule has 17 heavy (non-hydrogen) atoms. The first-order valence-electron chi connectivity index (χ1n) is 5.18. The first kappa shape index (κ1) is 11.6. The second kappa shape index (κ2) is 5.45. The normalized spacial score (nSPS) is 10.1. The van der Waals surface area contributed by atoms with E-state index in [4.69, 9.17) is 10.5 Å². The Morgan fingerprint density at radius 1 is 1.35 bits per heavy atom. The maximum absolute atomic E-state index is 11.5. The number of nitrogens with two attached hydrogens (primary N) is 1. The van der Waals surface area contributed by atoms with Gasteiger partial charge in [0.25, 0.3) is 0 Å². The average Bonchev–Trinajstić information content (AvgIpc) is 2.77. The number of ether oxygens (including phenoxy) is 1. The van der Waals surface area contributed by atoms with Gasteiger partial charge in [0.1, 0.15) is 4.88 Å². The molecule has 0 unspecified atom stereocenters. The fourth-order valence-corrected chi connectivity index (χ4v) is 1.94. The third-order valence-corrected chi connectivity index (χ3v) is 3.00. The van der Waals surface area contributed by atoms with E-state index in [9.17, 15) is 4.79 Å². The lowest BCUT2D eigenvalue weighted by atomic mass is 10.2. The van der Waals surface area contributed by atoms with Crippen molar-refractivity contribution >= 4 is 22.4 Å². The van der Waals surface area contributed by atoms with Gasteiger partial charge in [0, 0.05) is 6.42 Å². The minimum absolute atomic E-state index is 0.362. The molecule has 1 aromatic heterocycles. The van der Waals surface area contributed by atoms with E-state index in [2.05, 4.69) is 4.98 Å². The Morgan fingerprint density at radius 3 is 2.76 bits per heavy atom. The first-order valence-corrected chi connectivity index (χ1v) is 6.00. The van der Waals surface area contributed by atoms with Crippen molar-refractivity contribution in [2.24, 2.45) is 0 Å². The van der Waals surface area contributed by atoms with Gasteiger partial charge < -0.3 is 10.5 Å². The molecule has 0 saturated heterocycles. The molecule has 0 atom stereocenters. The molecule has 5 heteroatoms. The van der Waals surface area contributed by atoms with E-state index in [0.29, 0.717) is 23.0 Å². The maximum atomic E-state index is 11.5. The highest BCUT2D eigenvalue weighted by atomic mass is 32.1. The molecule has 0 aliphatic rings. The summed E-state index contributed by atoms with van der Waals surface area (Å²) < 4.78 is 5.12. The van der Waals surface area contributed by atoms with Crippen LogP contribution in [0.3, 0.4) is 0 Å². The fourth-order valence-electron chi connectivity index (χ4n) is 1.36. The van der Waals surface area contributed by atoms with Gasteiger partial charge in [-0.3, -0.25) is 0 Å². The number of thiazole rings is 1. The van der Waals surface area contributed by atoms with Crippen LogP contribution in [0.1, 0.15) is 15.2 Å². The number of hydrogen-bond acceptors (Lipinski definition) is 5. The van der Waals surface area contributed by atoms with Crippen LogP contribution in [-0.2, 0) is 11.2 Å². The highest BCUT2D eigenvalue weighted by Crippen LogP contribution is 2.15. The first-order chi connectivity index (χ1) is 8.25. The van der Waals surface area contributed by atoms with Crippen LogP contribution in [0.5, 0.6) is 0 Å². The maximum Gasteiger partial charge on any atom is 0.350 e. The zero-order valence-electron chi connectivity index (χ0n) is 9.13. The molecule has 0 saturated carbocycles. The summed E-state index contributed by atoms with van der Waals surface area (Å²) in [5.41, 5.74) is 6.58. The molecule has 88 valence electrons. The number of benzene rings is 1. The van der Waals surface area contributed by atoms with Crippen LogP contribution in [0.4, 0.5) is 5.13 Å². The van der Waals surface area contributed by atoms with Crippen molar-refractivity contribution in [1.82, 2.24) is 4.98 Å². The van der Waals surface area contributed by atoms with E-state index in [1.54, 1.807) is 0 Å². The summed E-state index contributed by atoms with van der Waals surface area (Å²) in [6, 6.07) is 9.87. The van der Waals surface area contributed by atoms with Crippen molar-refractivity contribution in [2.45, 2.75) is 6.42 Å². The van der Waals surface area contributed by atoms with Crippen LogP contribution >= 0.6 is 11.3 Å². The Balaban J connectivity index is 1.81. The highest BCUT2D eigenvalue weighted by Gasteiger charge is 2.10. The van der Waals surface area contributed by atoms with Crippen molar-refractivity contribution < 1.29 is 9.53 Å². The number of anilines is 1. The number of carbonyl (C=O) groups excluding carboxylic acids is 1. The SMILES string of the molecule is Nc1ncc(C(=O)OCCc2ccccc2)s1. The van der Waals surface area contributed by atoms with Crippen molar-refractivity contribution in [3.8, 4) is 0 Å². The second-order valence-electron chi connectivity index (χ2n) is 3.43. The average molecular weight is 248 g/mol. The summed E-state index contributed by atoms with van der Waals surface area (Å²) in [5, 5.41) is 0.375. The van der Waals surface area contributed by atoms with E-state index >= 15 is 0 Å². The Morgan fingerprint density at radius 2 is 2.12 bits per heavy atom. The van der Waals surface area contributed by atoms with E-state index < -0.39 is 0 Å². The summed E-state index contributed by atoms with van der Waals surface area (Å²) in [7, 11) is 0. The number of aromatic nitrogens is 1. The highest BCUT2D eigenvalue weighted by molar-refractivity contribution is 7.17. The molecular formula is C12H12N2O2S. The molecule has 0 bridgehead atoms. The molecule has 2 aromatic rings. The predicted octanol–water partition coefficient (Wildman–Crippen LogP) is 2.12. The molecule has 4 nitrogen and oxygen atoms in total. The molecule has 0 fully saturated rings. The summed E-state index contributed by atoms with van der Waals surface area (Å²) in [6.45, 7) is 0.362. The Hall–Kier alpha value is -1.88. The zero-order chi connectivity index (χ0) is 12.1. The van der Waals surface area contributed by atoms with Crippen molar-refractivity contribution in [3.63, 3.8) is 0 Å². The van der Waals surface area contributed by atoms with Crippen LogP contribution in [-0.4, -0.2) is 17.6 Å². The standard InChI is InChI=1S/C12H12N2O2S/c13-12-14-8-10(17-12)11(15)16-7-6-9-4-2-1-3-5-9/h1-5,8H,6-7H2,(H2,13,14). The lowest BCUT2D eigenvalue weighted by Crippen LogP contribution is -2.06. The van der Waals surface area contributed by atoms with Crippen molar-refractivity contribution in [3.05, 3.63) is 47.0 Å². The minimum atomic E-state index is -0.366. The van der Waals surface area contributed by atoms with E-state index in [-0.39, 0.29) is 5.97 Å². The number of esters is 1. The molecule has 1 aromatic carbocycles. The van der Waals surface area contributed by atoms with Gasteiger partial charge in [-0.1, -0.05) is 41.7 Å². The predicted molar refractivity (Wildman–Crippen MR) is 67.0 cm³/mol. The van der Waals surface area contributed by atoms with Gasteiger partial charge in [-0.2, -0.15) is 0 Å². The smallest absolute Gasteiger partial charge is 0.350 e. The molecule has 2 rings (SSSR count). The number of rotatable bonds is 4. The molecule has 0 spiro atoms. The van der Waals surface area contributed by atoms with E-state index in [1.807, 2.05) is 30.3 Å². The van der Waals surface area contributed by atoms with Crippen molar-refractivity contribution in [2.75, 3.05) is 12.3 Å². The number of carbonyl (C=O) groups is 1. The lowest BCUT2D eigenvalue weighted by Gasteiger charge is -2.02. The van der Waals surface area contributed by atoms with Gasteiger partial charge in [-0.15, -0.1) is 0 Å². The molecular weight excluding hydrogens is 236 g/mol. The van der Waals surface area contributed by atoms with Crippen LogP contribution in [0.25, 0.3) is 0 Å². The van der Waals surface area contributed by atoms with Gasteiger partial charge >= 0.3 is 5.97 Å². The summed E-state index contributed by atoms with van der Waals surface area (Å²) in [4.78, 5) is 15.8. The number of nitrogens with zero attached hydrogens (tertiary/aromatic N) is 1. The van der Waals surface area contributed by atoms with Gasteiger partial charge in [0.05, 0.1) is 12.8 Å². The Labute approximate surface area is 103 Å². The molecule has 0 radical (unpaired) electrons. The third kappa shape index (κ3) is 3.29. The molecule has 0 aliphatic carbocycles. The molecule has 0 amide bonds.